The number of aromatic nitrogens is 3. The summed E-state index contributed by atoms with van der Waals surface area (Å²) in [6.07, 6.45) is 1.67. The van der Waals surface area contributed by atoms with Gasteiger partial charge in [0.2, 0.25) is 16.0 Å². The molecule has 142 valence electrons. The van der Waals surface area contributed by atoms with Crippen LogP contribution in [0.25, 0.3) is 5.65 Å². The maximum Gasteiger partial charge on any atom is 0.258 e. The molecule has 0 saturated carbocycles. The van der Waals surface area contributed by atoms with E-state index in [1.165, 1.54) is 6.07 Å². The summed E-state index contributed by atoms with van der Waals surface area (Å²) in [5.41, 5.74) is 0.534. The Balaban J connectivity index is 1.95. The first kappa shape index (κ1) is 18.9. The average molecular weight is 391 g/mol. The van der Waals surface area contributed by atoms with Gasteiger partial charge in [-0.25, -0.2) is 12.8 Å². The smallest absolute Gasteiger partial charge is 0.258 e. The minimum absolute atomic E-state index is 0.00480. The standard InChI is InChI=1S/C17H18FN5O3S/c1-3-22(4-2)27(25,26)14-11-12(8-9-13(14)18)16(24)19-17-21-20-15-7-5-6-10-23(15)17/h5-11H,3-4H2,1-2H3,(H,19,21,24). The van der Waals surface area contributed by atoms with Crippen molar-refractivity contribution in [2.24, 2.45) is 0 Å². The Hall–Kier alpha value is -2.85. The van der Waals surface area contributed by atoms with E-state index in [9.17, 15) is 17.6 Å². The number of carbonyl (C=O) groups is 1. The molecule has 0 bridgehead atoms. The number of nitrogens with zero attached hydrogens (tertiary/aromatic N) is 4. The van der Waals surface area contributed by atoms with E-state index in [4.69, 9.17) is 0 Å². The quantitative estimate of drug-likeness (QED) is 0.695. The first-order valence-electron chi connectivity index (χ1n) is 8.29. The summed E-state index contributed by atoms with van der Waals surface area (Å²) in [4.78, 5) is 12.0. The Morgan fingerprint density at radius 2 is 1.93 bits per heavy atom. The number of amides is 1. The molecule has 0 radical (unpaired) electrons. The molecule has 0 aliphatic heterocycles. The number of hydrogen-bond donors (Lipinski definition) is 1. The summed E-state index contributed by atoms with van der Waals surface area (Å²) in [6.45, 7) is 3.71. The molecule has 2 aromatic heterocycles. The first-order valence-corrected chi connectivity index (χ1v) is 9.73. The molecule has 0 spiro atoms. The number of halogens is 1. The van der Waals surface area contributed by atoms with E-state index >= 15 is 0 Å². The number of rotatable bonds is 6. The minimum Gasteiger partial charge on any atom is -0.290 e. The number of sulfonamides is 1. The van der Waals surface area contributed by atoms with Crippen LogP contribution in [0.5, 0.6) is 0 Å². The SMILES string of the molecule is CCN(CC)S(=O)(=O)c1cc(C(=O)Nc2nnc3ccccn23)ccc1F. The summed E-state index contributed by atoms with van der Waals surface area (Å²) < 4.78 is 42.1. The van der Waals surface area contributed by atoms with E-state index in [0.29, 0.717) is 5.65 Å². The van der Waals surface area contributed by atoms with Gasteiger partial charge < -0.3 is 0 Å². The Bertz CT molecular complexity index is 1090. The lowest BCUT2D eigenvalue weighted by Crippen LogP contribution is -2.31. The third-order valence-electron chi connectivity index (χ3n) is 4.06. The van der Waals surface area contributed by atoms with Crippen LogP contribution in [0.15, 0.2) is 47.5 Å². The van der Waals surface area contributed by atoms with Gasteiger partial charge in [-0.2, -0.15) is 4.31 Å². The van der Waals surface area contributed by atoms with Crippen LogP contribution in [-0.4, -0.2) is 46.3 Å². The summed E-state index contributed by atoms with van der Waals surface area (Å²) in [5.74, 6) is -1.36. The van der Waals surface area contributed by atoms with Gasteiger partial charge in [0.05, 0.1) is 0 Å². The third kappa shape index (κ3) is 3.53. The van der Waals surface area contributed by atoms with E-state index in [2.05, 4.69) is 15.5 Å². The fourth-order valence-electron chi connectivity index (χ4n) is 2.65. The maximum absolute atomic E-state index is 14.2. The van der Waals surface area contributed by atoms with Crippen LogP contribution in [0.1, 0.15) is 24.2 Å². The Morgan fingerprint density at radius 1 is 1.19 bits per heavy atom. The average Bonchev–Trinajstić information content (AvgIpc) is 3.05. The van der Waals surface area contributed by atoms with Crippen molar-refractivity contribution in [3.63, 3.8) is 0 Å². The molecule has 2 heterocycles. The fraction of sp³-hybridized carbons (Fsp3) is 0.235. The highest BCUT2D eigenvalue weighted by molar-refractivity contribution is 7.89. The van der Waals surface area contributed by atoms with Crippen molar-refractivity contribution in [2.75, 3.05) is 18.4 Å². The van der Waals surface area contributed by atoms with Gasteiger partial charge in [0.25, 0.3) is 5.91 Å². The molecule has 0 unspecified atom stereocenters. The minimum atomic E-state index is -4.04. The zero-order valence-electron chi connectivity index (χ0n) is 14.8. The van der Waals surface area contributed by atoms with Gasteiger partial charge in [-0.3, -0.25) is 14.5 Å². The van der Waals surface area contributed by atoms with Gasteiger partial charge >= 0.3 is 0 Å². The molecule has 1 amide bonds. The Kier molecular flexibility index (Phi) is 5.19. The predicted octanol–water partition coefficient (Wildman–Crippen LogP) is 2.15. The number of nitrogens with one attached hydrogen (secondary N) is 1. The van der Waals surface area contributed by atoms with Crippen molar-refractivity contribution in [3.05, 3.63) is 54.0 Å². The van der Waals surface area contributed by atoms with Gasteiger partial charge in [0, 0.05) is 24.8 Å². The molecule has 27 heavy (non-hydrogen) atoms. The molecule has 0 saturated heterocycles. The molecule has 8 nitrogen and oxygen atoms in total. The van der Waals surface area contributed by atoms with Crippen molar-refractivity contribution in [1.82, 2.24) is 18.9 Å². The molecule has 0 fully saturated rings. The lowest BCUT2D eigenvalue weighted by atomic mass is 10.2. The fourth-order valence-corrected chi connectivity index (χ4v) is 4.19. The largest absolute Gasteiger partial charge is 0.290 e. The van der Waals surface area contributed by atoms with E-state index in [-0.39, 0.29) is 24.6 Å². The van der Waals surface area contributed by atoms with E-state index in [0.717, 1.165) is 16.4 Å². The molecular formula is C17H18FN5O3S. The van der Waals surface area contributed by atoms with Crippen LogP contribution in [0.3, 0.4) is 0 Å². The number of carbonyl (C=O) groups excluding carboxylic acids is 1. The van der Waals surface area contributed by atoms with Gasteiger partial charge in [0.15, 0.2) is 5.65 Å². The van der Waals surface area contributed by atoms with Gasteiger partial charge in [-0.15, -0.1) is 10.2 Å². The highest BCUT2D eigenvalue weighted by atomic mass is 32.2. The topological polar surface area (TPSA) is 96.7 Å². The van der Waals surface area contributed by atoms with Crippen LogP contribution < -0.4 is 5.32 Å². The maximum atomic E-state index is 14.2. The highest BCUT2D eigenvalue weighted by Gasteiger charge is 2.26. The van der Waals surface area contributed by atoms with Gasteiger partial charge in [-0.1, -0.05) is 19.9 Å². The zero-order chi connectivity index (χ0) is 19.6. The summed E-state index contributed by atoms with van der Waals surface area (Å²) >= 11 is 0. The number of fused-ring (bicyclic) bond motifs is 1. The van der Waals surface area contributed by atoms with Crippen LogP contribution in [-0.2, 0) is 10.0 Å². The van der Waals surface area contributed by atoms with Crippen LogP contribution in [0.4, 0.5) is 10.3 Å². The van der Waals surface area contributed by atoms with Crippen LogP contribution in [0, 0.1) is 5.82 Å². The second-order valence-electron chi connectivity index (χ2n) is 5.64. The van der Waals surface area contributed by atoms with Gasteiger partial charge in [-0.05, 0) is 30.3 Å². The molecule has 0 aliphatic rings. The van der Waals surface area contributed by atoms with Crippen molar-refractivity contribution in [2.45, 2.75) is 18.7 Å². The second-order valence-corrected chi connectivity index (χ2v) is 7.55. The highest BCUT2D eigenvalue weighted by Crippen LogP contribution is 2.21. The molecule has 0 atom stereocenters. The molecule has 10 heteroatoms. The van der Waals surface area contributed by atoms with E-state index < -0.39 is 26.6 Å². The number of anilines is 1. The van der Waals surface area contributed by atoms with E-state index in [1.54, 1.807) is 42.6 Å². The van der Waals surface area contributed by atoms with Gasteiger partial charge in [0.1, 0.15) is 10.7 Å². The molecule has 1 aromatic carbocycles. The predicted molar refractivity (Wildman–Crippen MR) is 97.4 cm³/mol. The number of benzene rings is 1. The molecule has 0 aliphatic carbocycles. The molecular weight excluding hydrogens is 373 g/mol. The third-order valence-corrected chi connectivity index (χ3v) is 6.12. The Labute approximate surface area is 155 Å². The molecule has 3 rings (SSSR count). The molecule has 1 N–H and O–H groups in total. The van der Waals surface area contributed by atoms with Crippen LogP contribution >= 0.6 is 0 Å². The normalized spacial score (nSPS) is 11.9. The number of hydrogen-bond acceptors (Lipinski definition) is 5. The van der Waals surface area contributed by atoms with Crippen molar-refractivity contribution < 1.29 is 17.6 Å². The second kappa shape index (κ2) is 7.41. The van der Waals surface area contributed by atoms with Crippen molar-refractivity contribution in [1.29, 1.82) is 0 Å². The van der Waals surface area contributed by atoms with E-state index in [1.807, 2.05) is 0 Å². The molecule has 3 aromatic rings. The summed E-state index contributed by atoms with van der Waals surface area (Å²) in [7, 11) is -4.04. The first-order chi connectivity index (χ1) is 12.9. The van der Waals surface area contributed by atoms with Crippen LogP contribution in [0.2, 0.25) is 0 Å². The lowest BCUT2D eigenvalue weighted by molar-refractivity contribution is 0.102. The monoisotopic (exact) mass is 391 g/mol. The van der Waals surface area contributed by atoms with Crippen molar-refractivity contribution in [3.8, 4) is 0 Å². The van der Waals surface area contributed by atoms with Crippen molar-refractivity contribution >= 4 is 27.5 Å². The number of pyridine rings is 1. The summed E-state index contributed by atoms with van der Waals surface area (Å²) in [6, 6.07) is 8.46. The zero-order valence-corrected chi connectivity index (χ0v) is 15.6. The lowest BCUT2D eigenvalue weighted by Gasteiger charge is -2.19. The Morgan fingerprint density at radius 3 is 2.63 bits per heavy atom. The summed E-state index contributed by atoms with van der Waals surface area (Å²) in [5, 5.41) is 10.4.